The third-order valence-corrected chi connectivity index (χ3v) is 6.03. The highest BCUT2D eigenvalue weighted by Crippen LogP contribution is 2.24. The molecular formula is C28H31N3O2. The molecule has 33 heavy (non-hydrogen) atoms. The van der Waals surface area contributed by atoms with Gasteiger partial charge in [0.25, 0.3) is 0 Å². The average Bonchev–Trinajstić information content (AvgIpc) is 3.16. The number of nitrogens with one attached hydrogen (secondary N) is 1. The number of aromatic nitrogens is 2. The molecule has 4 aromatic rings. The summed E-state index contributed by atoms with van der Waals surface area (Å²) in [5.41, 5.74) is 6.37. The maximum atomic E-state index is 12.8. The zero-order chi connectivity index (χ0) is 23.4. The highest BCUT2D eigenvalue weighted by Gasteiger charge is 2.19. The maximum Gasteiger partial charge on any atom is 0.225 e. The molecule has 0 radical (unpaired) electrons. The standard InChI is InChI=1S/C28H31N3O2/c1-19-10-5-6-13-23(19)18-26(32)29-22(4)28-30-24-14-7-8-15-25(24)31(28)16-17-33-27-20(2)11-9-12-21(27)3/h5-15,22H,16-18H2,1-4H3,(H,29,32). The third-order valence-electron chi connectivity index (χ3n) is 6.03. The summed E-state index contributed by atoms with van der Waals surface area (Å²) in [4.78, 5) is 17.6. The molecule has 0 saturated carbocycles. The van der Waals surface area contributed by atoms with Crippen LogP contribution in [0.15, 0.2) is 66.7 Å². The fourth-order valence-electron chi connectivity index (χ4n) is 4.26. The number of carbonyl (C=O) groups excluding carboxylic acids is 1. The van der Waals surface area contributed by atoms with Crippen LogP contribution in [-0.4, -0.2) is 22.1 Å². The first-order valence-electron chi connectivity index (χ1n) is 11.4. The number of amides is 1. The third kappa shape index (κ3) is 5.08. The van der Waals surface area contributed by atoms with Gasteiger partial charge in [-0.25, -0.2) is 4.98 Å². The number of rotatable bonds is 8. The molecule has 0 saturated heterocycles. The minimum atomic E-state index is -0.228. The van der Waals surface area contributed by atoms with Gasteiger partial charge in [0.15, 0.2) is 0 Å². The predicted octanol–water partition coefficient (Wildman–Crippen LogP) is 5.46. The Labute approximate surface area is 195 Å². The lowest BCUT2D eigenvalue weighted by molar-refractivity contribution is -0.121. The van der Waals surface area contributed by atoms with Gasteiger partial charge in [-0.2, -0.15) is 0 Å². The molecule has 1 N–H and O–H groups in total. The second-order valence-electron chi connectivity index (χ2n) is 8.57. The van der Waals surface area contributed by atoms with E-state index in [0.717, 1.165) is 44.9 Å². The first kappa shape index (κ1) is 22.6. The Kier molecular flexibility index (Phi) is 6.78. The van der Waals surface area contributed by atoms with Gasteiger partial charge in [0.1, 0.15) is 18.2 Å². The van der Waals surface area contributed by atoms with Crippen LogP contribution >= 0.6 is 0 Å². The lowest BCUT2D eigenvalue weighted by atomic mass is 10.1. The van der Waals surface area contributed by atoms with E-state index < -0.39 is 0 Å². The van der Waals surface area contributed by atoms with Crippen LogP contribution in [0.4, 0.5) is 0 Å². The topological polar surface area (TPSA) is 56.2 Å². The number of carbonyl (C=O) groups is 1. The molecule has 0 spiro atoms. The van der Waals surface area contributed by atoms with Crippen LogP contribution in [0.1, 0.15) is 41.0 Å². The Morgan fingerprint density at radius 2 is 1.61 bits per heavy atom. The van der Waals surface area contributed by atoms with Crippen LogP contribution in [0.5, 0.6) is 5.75 Å². The molecular weight excluding hydrogens is 410 g/mol. The lowest BCUT2D eigenvalue weighted by Crippen LogP contribution is -2.30. The van der Waals surface area contributed by atoms with Crippen LogP contribution < -0.4 is 10.1 Å². The number of nitrogens with zero attached hydrogens (tertiary/aromatic N) is 2. The molecule has 0 aliphatic heterocycles. The number of aryl methyl sites for hydroxylation is 3. The molecule has 5 nitrogen and oxygen atoms in total. The summed E-state index contributed by atoms with van der Waals surface area (Å²) in [6.45, 7) is 9.30. The summed E-state index contributed by atoms with van der Waals surface area (Å²) >= 11 is 0. The van der Waals surface area contributed by atoms with Crippen LogP contribution in [0.25, 0.3) is 11.0 Å². The monoisotopic (exact) mass is 441 g/mol. The van der Waals surface area contributed by atoms with Gasteiger partial charge in [-0.3, -0.25) is 4.79 Å². The Morgan fingerprint density at radius 3 is 2.36 bits per heavy atom. The summed E-state index contributed by atoms with van der Waals surface area (Å²) in [6, 6.07) is 22.0. The zero-order valence-corrected chi connectivity index (χ0v) is 19.8. The van der Waals surface area contributed by atoms with Gasteiger partial charge in [-0.1, -0.05) is 54.6 Å². The molecule has 1 aromatic heterocycles. The summed E-state index contributed by atoms with van der Waals surface area (Å²) in [6.07, 6.45) is 0.354. The van der Waals surface area contributed by atoms with Crippen molar-refractivity contribution in [2.24, 2.45) is 0 Å². The highest BCUT2D eigenvalue weighted by molar-refractivity contribution is 5.80. The Bertz CT molecular complexity index is 1260. The first-order chi connectivity index (χ1) is 15.9. The van der Waals surface area contributed by atoms with E-state index in [1.54, 1.807) is 0 Å². The quantitative estimate of drug-likeness (QED) is 0.395. The molecule has 0 aliphatic carbocycles. The average molecular weight is 442 g/mol. The smallest absolute Gasteiger partial charge is 0.225 e. The number of hydrogen-bond donors (Lipinski definition) is 1. The highest BCUT2D eigenvalue weighted by atomic mass is 16.5. The molecule has 1 amide bonds. The number of fused-ring (bicyclic) bond motifs is 1. The number of hydrogen-bond acceptors (Lipinski definition) is 3. The first-order valence-corrected chi connectivity index (χ1v) is 11.4. The lowest BCUT2D eigenvalue weighted by Gasteiger charge is -2.18. The number of imidazole rings is 1. The van der Waals surface area contributed by atoms with Crippen LogP contribution in [0, 0.1) is 20.8 Å². The van der Waals surface area contributed by atoms with Gasteiger partial charge < -0.3 is 14.6 Å². The molecule has 0 aliphatic rings. The van der Waals surface area contributed by atoms with E-state index in [4.69, 9.17) is 9.72 Å². The minimum Gasteiger partial charge on any atom is -0.491 e. The van der Waals surface area contributed by atoms with E-state index in [-0.39, 0.29) is 11.9 Å². The number of para-hydroxylation sites is 3. The fourth-order valence-corrected chi connectivity index (χ4v) is 4.26. The zero-order valence-electron chi connectivity index (χ0n) is 19.8. The molecule has 170 valence electrons. The number of benzene rings is 3. The van der Waals surface area contributed by atoms with Crippen molar-refractivity contribution >= 4 is 16.9 Å². The maximum absolute atomic E-state index is 12.8. The molecule has 0 bridgehead atoms. The minimum absolute atomic E-state index is 0.0119. The van der Waals surface area contributed by atoms with Crippen molar-refractivity contribution in [3.8, 4) is 5.75 Å². The van der Waals surface area contributed by atoms with E-state index in [1.165, 1.54) is 0 Å². The normalized spacial score (nSPS) is 12.0. The summed E-state index contributed by atoms with van der Waals surface area (Å²) in [5, 5.41) is 3.14. The summed E-state index contributed by atoms with van der Waals surface area (Å²) in [7, 11) is 0. The van der Waals surface area contributed by atoms with Crippen molar-refractivity contribution in [3.63, 3.8) is 0 Å². The van der Waals surface area contributed by atoms with E-state index in [2.05, 4.69) is 41.9 Å². The van der Waals surface area contributed by atoms with Gasteiger partial charge in [-0.15, -0.1) is 0 Å². The second kappa shape index (κ2) is 9.90. The largest absolute Gasteiger partial charge is 0.491 e. The van der Waals surface area contributed by atoms with Crippen molar-refractivity contribution in [3.05, 3.63) is 94.8 Å². The van der Waals surface area contributed by atoms with Crippen LogP contribution in [0.3, 0.4) is 0 Å². The van der Waals surface area contributed by atoms with E-state index in [0.29, 0.717) is 19.6 Å². The Morgan fingerprint density at radius 1 is 0.939 bits per heavy atom. The molecule has 1 heterocycles. The SMILES string of the molecule is Cc1ccccc1CC(=O)NC(C)c1nc2ccccc2n1CCOc1c(C)cccc1C. The van der Waals surface area contributed by atoms with Crippen LogP contribution in [-0.2, 0) is 17.8 Å². The van der Waals surface area contributed by atoms with Gasteiger partial charge in [0.2, 0.25) is 5.91 Å². The van der Waals surface area contributed by atoms with Gasteiger partial charge in [-0.05, 0) is 62.1 Å². The molecule has 3 aromatic carbocycles. The van der Waals surface area contributed by atoms with E-state index in [9.17, 15) is 4.79 Å². The molecule has 5 heteroatoms. The molecule has 1 atom stereocenters. The molecule has 0 fully saturated rings. The van der Waals surface area contributed by atoms with Crippen LogP contribution in [0.2, 0.25) is 0 Å². The second-order valence-corrected chi connectivity index (χ2v) is 8.57. The van der Waals surface area contributed by atoms with Gasteiger partial charge >= 0.3 is 0 Å². The molecule has 4 rings (SSSR count). The van der Waals surface area contributed by atoms with Crippen molar-refractivity contribution in [1.29, 1.82) is 0 Å². The predicted molar refractivity (Wildman–Crippen MR) is 133 cm³/mol. The van der Waals surface area contributed by atoms with Gasteiger partial charge in [0, 0.05) is 0 Å². The van der Waals surface area contributed by atoms with Crippen molar-refractivity contribution in [2.75, 3.05) is 6.61 Å². The molecule has 1 unspecified atom stereocenters. The fraction of sp³-hybridized carbons (Fsp3) is 0.286. The van der Waals surface area contributed by atoms with Gasteiger partial charge in [0.05, 0.1) is 30.0 Å². The summed E-state index contributed by atoms with van der Waals surface area (Å²) in [5.74, 6) is 1.75. The summed E-state index contributed by atoms with van der Waals surface area (Å²) < 4.78 is 8.32. The Balaban J connectivity index is 1.51. The Hall–Kier alpha value is -3.60. The van der Waals surface area contributed by atoms with Crippen molar-refractivity contribution in [2.45, 2.75) is 46.7 Å². The van der Waals surface area contributed by atoms with Crippen molar-refractivity contribution < 1.29 is 9.53 Å². The van der Waals surface area contributed by atoms with E-state index in [1.807, 2.05) is 62.4 Å². The van der Waals surface area contributed by atoms with E-state index >= 15 is 0 Å². The number of ether oxygens (including phenoxy) is 1. The van der Waals surface area contributed by atoms with Crippen molar-refractivity contribution in [1.82, 2.24) is 14.9 Å².